The molecule has 0 bridgehead atoms. The van der Waals surface area contributed by atoms with Crippen LogP contribution in [0.15, 0.2) is 42.5 Å². The summed E-state index contributed by atoms with van der Waals surface area (Å²) < 4.78 is 0. The predicted molar refractivity (Wildman–Crippen MR) is 71.2 cm³/mol. The summed E-state index contributed by atoms with van der Waals surface area (Å²) in [6.07, 6.45) is -0.531. The Morgan fingerprint density at radius 3 is 1.94 bits per heavy atom. The van der Waals surface area contributed by atoms with Crippen LogP contribution in [-0.4, -0.2) is 5.11 Å². The molecule has 1 N–H and O–H groups in total. The van der Waals surface area contributed by atoms with Crippen LogP contribution in [0, 0.1) is 20.8 Å². The summed E-state index contributed by atoms with van der Waals surface area (Å²) in [6.45, 7) is 6.20. The van der Waals surface area contributed by atoms with Crippen molar-refractivity contribution in [2.75, 3.05) is 0 Å². The van der Waals surface area contributed by atoms with Crippen molar-refractivity contribution in [3.05, 3.63) is 70.3 Å². The monoisotopic (exact) mass is 226 g/mol. The fraction of sp³-hybridized carbons (Fsp3) is 0.250. The minimum absolute atomic E-state index is 0.531. The number of aryl methyl sites for hydroxylation is 3. The van der Waals surface area contributed by atoms with Gasteiger partial charge < -0.3 is 5.11 Å². The van der Waals surface area contributed by atoms with Crippen LogP contribution in [0.3, 0.4) is 0 Å². The molecule has 2 rings (SSSR count). The quantitative estimate of drug-likeness (QED) is 0.828. The number of aliphatic hydroxyl groups is 1. The molecule has 2 aromatic rings. The maximum atomic E-state index is 10.4. The van der Waals surface area contributed by atoms with Crippen LogP contribution in [0.25, 0.3) is 0 Å². The number of benzene rings is 2. The van der Waals surface area contributed by atoms with Gasteiger partial charge in [-0.15, -0.1) is 0 Å². The molecule has 1 nitrogen and oxygen atoms in total. The van der Waals surface area contributed by atoms with Crippen molar-refractivity contribution in [2.24, 2.45) is 0 Å². The van der Waals surface area contributed by atoms with E-state index in [1.807, 2.05) is 30.3 Å². The van der Waals surface area contributed by atoms with Crippen LogP contribution < -0.4 is 0 Å². The molecule has 0 amide bonds. The van der Waals surface area contributed by atoms with Crippen molar-refractivity contribution < 1.29 is 5.11 Å². The van der Waals surface area contributed by atoms with Crippen molar-refractivity contribution in [3.63, 3.8) is 0 Å². The van der Waals surface area contributed by atoms with Crippen LogP contribution in [0.1, 0.15) is 33.9 Å². The molecule has 0 fully saturated rings. The van der Waals surface area contributed by atoms with Gasteiger partial charge in [0, 0.05) is 0 Å². The second kappa shape index (κ2) is 4.72. The molecule has 0 unspecified atom stereocenters. The first-order valence-electron chi connectivity index (χ1n) is 5.90. The van der Waals surface area contributed by atoms with Crippen molar-refractivity contribution >= 4 is 0 Å². The molecule has 0 aromatic heterocycles. The van der Waals surface area contributed by atoms with E-state index in [0.29, 0.717) is 0 Å². The highest BCUT2D eigenvalue weighted by atomic mass is 16.3. The minimum Gasteiger partial charge on any atom is -0.384 e. The maximum absolute atomic E-state index is 10.4. The average molecular weight is 226 g/mol. The second-order valence-corrected chi connectivity index (χ2v) is 4.63. The van der Waals surface area contributed by atoms with Gasteiger partial charge in [-0.3, -0.25) is 0 Å². The highest BCUT2D eigenvalue weighted by Gasteiger charge is 2.15. The van der Waals surface area contributed by atoms with E-state index in [1.165, 1.54) is 5.56 Å². The molecule has 0 saturated carbocycles. The van der Waals surface area contributed by atoms with Crippen molar-refractivity contribution in [1.29, 1.82) is 0 Å². The minimum atomic E-state index is -0.531. The Bertz CT molecular complexity index is 491. The molecule has 88 valence electrons. The first kappa shape index (κ1) is 11.9. The largest absolute Gasteiger partial charge is 0.384 e. The van der Waals surface area contributed by atoms with Crippen molar-refractivity contribution in [1.82, 2.24) is 0 Å². The summed E-state index contributed by atoms with van der Waals surface area (Å²) in [5, 5.41) is 10.4. The van der Waals surface area contributed by atoms with Crippen LogP contribution in [-0.2, 0) is 0 Å². The molecule has 0 aliphatic rings. The zero-order valence-electron chi connectivity index (χ0n) is 10.6. The predicted octanol–water partition coefficient (Wildman–Crippen LogP) is 3.69. The van der Waals surface area contributed by atoms with E-state index in [0.717, 1.165) is 22.3 Å². The summed E-state index contributed by atoms with van der Waals surface area (Å²) in [4.78, 5) is 0. The first-order valence-corrected chi connectivity index (χ1v) is 5.90. The van der Waals surface area contributed by atoms with E-state index >= 15 is 0 Å². The Balaban J connectivity index is 2.48. The Hall–Kier alpha value is -1.60. The maximum Gasteiger partial charge on any atom is 0.105 e. The second-order valence-electron chi connectivity index (χ2n) is 4.63. The van der Waals surface area contributed by atoms with Gasteiger partial charge in [-0.25, -0.2) is 0 Å². The van der Waals surface area contributed by atoms with E-state index in [9.17, 15) is 5.11 Å². The molecule has 1 atom stereocenters. The standard InChI is InChI=1S/C16H18O/c1-11-9-12(2)15(13(3)10-11)16(17)14-7-5-4-6-8-14/h4-10,16-17H,1-3H3/t16-/m1/s1. The summed E-state index contributed by atoms with van der Waals surface area (Å²) in [5.74, 6) is 0. The molecule has 17 heavy (non-hydrogen) atoms. The Morgan fingerprint density at radius 1 is 0.882 bits per heavy atom. The molecule has 0 saturated heterocycles. The number of aliphatic hydroxyl groups excluding tert-OH is 1. The molecular formula is C16H18O. The molecule has 0 radical (unpaired) electrons. The van der Waals surface area contributed by atoms with Gasteiger partial charge in [0.2, 0.25) is 0 Å². The molecular weight excluding hydrogens is 208 g/mol. The van der Waals surface area contributed by atoms with Crippen LogP contribution in [0.5, 0.6) is 0 Å². The Kier molecular flexibility index (Phi) is 3.30. The van der Waals surface area contributed by atoms with Crippen LogP contribution >= 0.6 is 0 Å². The topological polar surface area (TPSA) is 20.2 Å². The Morgan fingerprint density at radius 2 is 1.41 bits per heavy atom. The zero-order chi connectivity index (χ0) is 12.4. The summed E-state index contributed by atoms with van der Waals surface area (Å²) in [7, 11) is 0. The van der Waals surface area contributed by atoms with Gasteiger partial charge in [0.05, 0.1) is 0 Å². The average Bonchev–Trinajstić information content (AvgIpc) is 2.28. The lowest BCUT2D eigenvalue weighted by molar-refractivity contribution is 0.219. The molecule has 0 heterocycles. The van der Waals surface area contributed by atoms with Crippen LogP contribution in [0.4, 0.5) is 0 Å². The van der Waals surface area contributed by atoms with E-state index in [2.05, 4.69) is 32.9 Å². The Labute approximate surface area is 103 Å². The third-order valence-corrected chi connectivity index (χ3v) is 3.13. The SMILES string of the molecule is Cc1cc(C)c([C@H](O)c2ccccc2)c(C)c1. The van der Waals surface area contributed by atoms with Crippen molar-refractivity contribution in [2.45, 2.75) is 26.9 Å². The number of hydrogen-bond donors (Lipinski definition) is 1. The zero-order valence-corrected chi connectivity index (χ0v) is 10.6. The smallest absolute Gasteiger partial charge is 0.105 e. The summed E-state index contributed by atoms with van der Waals surface area (Å²) >= 11 is 0. The van der Waals surface area contributed by atoms with E-state index < -0.39 is 6.10 Å². The third-order valence-electron chi connectivity index (χ3n) is 3.13. The number of rotatable bonds is 2. The lowest BCUT2D eigenvalue weighted by atomic mass is 9.92. The normalized spacial score (nSPS) is 12.5. The van der Waals surface area contributed by atoms with Crippen molar-refractivity contribution in [3.8, 4) is 0 Å². The van der Waals surface area contributed by atoms with E-state index in [4.69, 9.17) is 0 Å². The molecule has 0 spiro atoms. The lowest BCUT2D eigenvalue weighted by Crippen LogP contribution is -2.04. The fourth-order valence-electron chi connectivity index (χ4n) is 2.42. The summed E-state index contributed by atoms with van der Waals surface area (Å²) in [5.41, 5.74) is 5.52. The molecule has 0 aliphatic carbocycles. The van der Waals surface area contributed by atoms with Gasteiger partial charge in [0.15, 0.2) is 0 Å². The van der Waals surface area contributed by atoms with Gasteiger partial charge in [-0.05, 0) is 43.0 Å². The fourth-order valence-corrected chi connectivity index (χ4v) is 2.42. The van der Waals surface area contributed by atoms with Gasteiger partial charge in [0.1, 0.15) is 6.10 Å². The summed E-state index contributed by atoms with van der Waals surface area (Å²) in [6, 6.07) is 14.0. The highest BCUT2D eigenvalue weighted by Crippen LogP contribution is 2.28. The van der Waals surface area contributed by atoms with Gasteiger partial charge >= 0.3 is 0 Å². The van der Waals surface area contributed by atoms with Gasteiger partial charge in [0.25, 0.3) is 0 Å². The number of hydrogen-bond acceptors (Lipinski definition) is 1. The highest BCUT2D eigenvalue weighted by molar-refractivity contribution is 5.42. The van der Waals surface area contributed by atoms with Gasteiger partial charge in [-0.1, -0.05) is 48.0 Å². The first-order chi connectivity index (χ1) is 8.09. The van der Waals surface area contributed by atoms with Crippen LogP contribution in [0.2, 0.25) is 0 Å². The van der Waals surface area contributed by atoms with Gasteiger partial charge in [-0.2, -0.15) is 0 Å². The third kappa shape index (κ3) is 2.40. The molecule has 0 aliphatic heterocycles. The molecule has 2 aromatic carbocycles. The molecule has 1 heteroatoms. The lowest BCUT2D eigenvalue weighted by Gasteiger charge is -2.17. The van der Waals surface area contributed by atoms with E-state index in [-0.39, 0.29) is 0 Å². The van der Waals surface area contributed by atoms with E-state index in [1.54, 1.807) is 0 Å².